The number of aromatic nitrogens is 3. The van der Waals surface area contributed by atoms with Crippen LogP contribution in [-0.4, -0.2) is 15.2 Å². The molecule has 52 valence electrons. The van der Waals surface area contributed by atoms with E-state index in [-0.39, 0.29) is 1.43 Å². The molecular weight excluding hydrogens is 126 g/mol. The molecule has 2 aromatic heterocycles. The average molecular weight is 135 g/mol. The van der Waals surface area contributed by atoms with Gasteiger partial charge in [0.15, 0.2) is 0 Å². The summed E-state index contributed by atoms with van der Waals surface area (Å²) in [6.07, 6.45) is 3.52. The molecule has 0 bridgehead atoms. The molecule has 0 amide bonds. The molecular formula is C7H9N3. The molecule has 0 spiro atoms. The van der Waals surface area contributed by atoms with Gasteiger partial charge < -0.3 is 0 Å². The quantitative estimate of drug-likeness (QED) is 0.595. The first-order valence-electron chi connectivity index (χ1n) is 3.12. The molecule has 2 aromatic rings. The maximum absolute atomic E-state index is 4.03. The van der Waals surface area contributed by atoms with Crippen LogP contribution in [0.3, 0.4) is 0 Å². The normalized spacial score (nSPS) is 10.5. The van der Waals surface area contributed by atoms with Crippen LogP contribution in [0.1, 0.15) is 7.12 Å². The zero-order chi connectivity index (χ0) is 6.97. The first-order valence-corrected chi connectivity index (χ1v) is 3.12. The third-order valence-electron chi connectivity index (χ3n) is 1.55. The van der Waals surface area contributed by atoms with E-state index in [2.05, 4.69) is 15.2 Å². The molecule has 0 aliphatic heterocycles. The fraction of sp³-hybridized carbons (Fsp3) is 0.143. The highest BCUT2D eigenvalue weighted by atomic mass is 15.1. The van der Waals surface area contributed by atoms with E-state index in [0.717, 1.165) is 16.6 Å². The molecule has 10 heavy (non-hydrogen) atoms. The van der Waals surface area contributed by atoms with Gasteiger partial charge in [0.25, 0.3) is 0 Å². The molecule has 0 aromatic carbocycles. The largest absolute Gasteiger partial charge is 0.282 e. The summed E-state index contributed by atoms with van der Waals surface area (Å²) in [7, 11) is 0. The van der Waals surface area contributed by atoms with E-state index in [9.17, 15) is 0 Å². The lowest BCUT2D eigenvalue weighted by Crippen LogP contribution is -1.70. The molecule has 1 N–H and O–H groups in total. The number of hydrogen-bond acceptors (Lipinski definition) is 2. The Morgan fingerprint density at radius 2 is 2.50 bits per heavy atom. The Labute approximate surface area is 59.6 Å². The van der Waals surface area contributed by atoms with E-state index < -0.39 is 0 Å². The first-order chi connectivity index (χ1) is 4.88. The Balaban J connectivity index is 0.000000605. The maximum Gasteiger partial charge on any atom is 0.111 e. The molecule has 0 atom stereocenters. The molecule has 2 heterocycles. The van der Waals surface area contributed by atoms with Gasteiger partial charge in [-0.2, -0.15) is 5.10 Å². The van der Waals surface area contributed by atoms with Crippen LogP contribution in [-0.2, 0) is 0 Å². The predicted molar refractivity (Wildman–Crippen MR) is 40.7 cm³/mol. The third-order valence-corrected chi connectivity index (χ3v) is 1.55. The zero-order valence-corrected chi connectivity index (χ0v) is 5.63. The van der Waals surface area contributed by atoms with Gasteiger partial charge in [-0.1, -0.05) is 0 Å². The van der Waals surface area contributed by atoms with Crippen LogP contribution in [0.25, 0.3) is 10.9 Å². The van der Waals surface area contributed by atoms with E-state index in [4.69, 9.17) is 0 Å². The van der Waals surface area contributed by atoms with Gasteiger partial charge in [-0.25, -0.2) is 0 Å². The SMILES string of the molecule is Cc1[nH]nc2cnccc12.[HH]. The second kappa shape index (κ2) is 1.80. The number of pyridine rings is 1. The van der Waals surface area contributed by atoms with Crippen molar-refractivity contribution >= 4 is 10.9 Å². The van der Waals surface area contributed by atoms with Crippen molar-refractivity contribution in [2.45, 2.75) is 6.92 Å². The standard InChI is InChI=1S/C7H7N3.H2/c1-5-6-2-3-8-4-7(6)10-9-5;/h2-4H,1H3,(H,9,10);1H. The first kappa shape index (κ1) is 5.41. The predicted octanol–water partition coefficient (Wildman–Crippen LogP) is 1.51. The van der Waals surface area contributed by atoms with Gasteiger partial charge in [0, 0.05) is 18.7 Å². The average Bonchev–Trinajstić information content (AvgIpc) is 2.34. The minimum atomic E-state index is 0. The summed E-state index contributed by atoms with van der Waals surface area (Å²) in [6.45, 7) is 2.00. The second-order valence-electron chi connectivity index (χ2n) is 2.24. The van der Waals surface area contributed by atoms with Crippen LogP contribution < -0.4 is 0 Å². The number of aryl methyl sites for hydroxylation is 1. The minimum absolute atomic E-state index is 0. The smallest absolute Gasteiger partial charge is 0.111 e. The van der Waals surface area contributed by atoms with Crippen molar-refractivity contribution in [2.75, 3.05) is 0 Å². The Kier molecular flexibility index (Phi) is 0.974. The molecule has 0 unspecified atom stereocenters. The number of nitrogens with one attached hydrogen (secondary N) is 1. The number of hydrogen-bond donors (Lipinski definition) is 1. The van der Waals surface area contributed by atoms with Crippen molar-refractivity contribution in [1.29, 1.82) is 0 Å². The van der Waals surface area contributed by atoms with Crippen LogP contribution in [0.5, 0.6) is 0 Å². The summed E-state index contributed by atoms with van der Waals surface area (Å²) in [5.41, 5.74) is 2.03. The zero-order valence-electron chi connectivity index (χ0n) is 5.63. The number of nitrogens with zero attached hydrogens (tertiary/aromatic N) is 2. The van der Waals surface area contributed by atoms with Crippen LogP contribution in [0.2, 0.25) is 0 Å². The number of fused-ring (bicyclic) bond motifs is 1. The van der Waals surface area contributed by atoms with Crippen molar-refractivity contribution in [1.82, 2.24) is 15.2 Å². The van der Waals surface area contributed by atoms with E-state index >= 15 is 0 Å². The van der Waals surface area contributed by atoms with Gasteiger partial charge in [-0.05, 0) is 13.0 Å². The third kappa shape index (κ3) is 0.603. The highest BCUT2D eigenvalue weighted by molar-refractivity contribution is 5.79. The summed E-state index contributed by atoms with van der Waals surface area (Å²) in [6, 6.07) is 1.95. The second-order valence-corrected chi connectivity index (χ2v) is 2.24. The number of rotatable bonds is 0. The monoisotopic (exact) mass is 135 g/mol. The molecule has 2 rings (SSSR count). The highest BCUT2D eigenvalue weighted by Gasteiger charge is 1.97. The van der Waals surface area contributed by atoms with E-state index in [1.54, 1.807) is 12.4 Å². The molecule has 0 radical (unpaired) electrons. The molecule has 0 aliphatic rings. The van der Waals surface area contributed by atoms with Crippen molar-refractivity contribution < 1.29 is 1.43 Å². The molecule has 0 fully saturated rings. The molecule has 0 saturated carbocycles. The van der Waals surface area contributed by atoms with Crippen LogP contribution >= 0.6 is 0 Å². The topological polar surface area (TPSA) is 41.6 Å². The molecule has 0 aliphatic carbocycles. The number of H-pyrrole nitrogens is 1. The number of aromatic amines is 1. The lowest BCUT2D eigenvalue weighted by molar-refractivity contribution is 1.07. The summed E-state index contributed by atoms with van der Waals surface area (Å²) in [5.74, 6) is 0. The van der Waals surface area contributed by atoms with Crippen LogP contribution in [0.4, 0.5) is 0 Å². The van der Waals surface area contributed by atoms with Gasteiger partial charge in [-0.15, -0.1) is 0 Å². The van der Waals surface area contributed by atoms with Crippen LogP contribution in [0, 0.1) is 6.92 Å². The lowest BCUT2D eigenvalue weighted by atomic mass is 10.3. The highest BCUT2D eigenvalue weighted by Crippen LogP contribution is 2.11. The van der Waals surface area contributed by atoms with Gasteiger partial charge in [0.05, 0.1) is 6.20 Å². The Bertz CT molecular complexity index is 355. The Hall–Kier alpha value is -1.38. The van der Waals surface area contributed by atoms with Crippen molar-refractivity contribution in [3.63, 3.8) is 0 Å². The van der Waals surface area contributed by atoms with Crippen LogP contribution in [0.15, 0.2) is 18.5 Å². The van der Waals surface area contributed by atoms with Crippen molar-refractivity contribution in [3.8, 4) is 0 Å². The molecule has 3 nitrogen and oxygen atoms in total. The van der Waals surface area contributed by atoms with E-state index in [1.807, 2.05) is 13.0 Å². The summed E-state index contributed by atoms with van der Waals surface area (Å²) >= 11 is 0. The fourth-order valence-electron chi connectivity index (χ4n) is 0.997. The van der Waals surface area contributed by atoms with Crippen molar-refractivity contribution in [2.24, 2.45) is 0 Å². The Morgan fingerprint density at radius 1 is 1.60 bits per heavy atom. The minimum Gasteiger partial charge on any atom is -0.282 e. The maximum atomic E-state index is 4.03. The summed E-state index contributed by atoms with van der Waals surface area (Å²) in [4.78, 5) is 3.94. The summed E-state index contributed by atoms with van der Waals surface area (Å²) < 4.78 is 0. The van der Waals surface area contributed by atoms with Crippen molar-refractivity contribution in [3.05, 3.63) is 24.2 Å². The van der Waals surface area contributed by atoms with E-state index in [0.29, 0.717) is 0 Å². The molecule has 0 saturated heterocycles. The van der Waals surface area contributed by atoms with E-state index in [1.165, 1.54) is 0 Å². The van der Waals surface area contributed by atoms with Gasteiger partial charge >= 0.3 is 0 Å². The fourth-order valence-corrected chi connectivity index (χ4v) is 0.997. The van der Waals surface area contributed by atoms with Gasteiger partial charge in [0.1, 0.15) is 5.52 Å². The lowest BCUT2D eigenvalue weighted by Gasteiger charge is -1.83. The summed E-state index contributed by atoms with van der Waals surface area (Å²) in [5, 5.41) is 8.07. The van der Waals surface area contributed by atoms with Gasteiger partial charge in [-0.3, -0.25) is 10.1 Å². The molecule has 3 heteroatoms. The van der Waals surface area contributed by atoms with Gasteiger partial charge in [0.2, 0.25) is 0 Å². The Morgan fingerprint density at radius 3 is 3.30 bits per heavy atom.